The van der Waals surface area contributed by atoms with Crippen molar-refractivity contribution in [3.8, 4) is 5.75 Å². The zero-order valence-electron chi connectivity index (χ0n) is 14.8. The van der Waals surface area contributed by atoms with Gasteiger partial charge in [0.2, 0.25) is 5.91 Å². The molecule has 1 aromatic heterocycles. The normalized spacial score (nSPS) is 15.7. The summed E-state index contributed by atoms with van der Waals surface area (Å²) in [6.45, 7) is 1.69. The Bertz CT molecular complexity index is 982. The molecule has 2 amide bonds. The van der Waals surface area contributed by atoms with Crippen molar-refractivity contribution in [1.29, 1.82) is 0 Å². The Hall–Kier alpha value is -2.93. The van der Waals surface area contributed by atoms with Gasteiger partial charge in [-0.15, -0.1) is 11.3 Å². The highest BCUT2D eigenvalue weighted by Crippen LogP contribution is 2.32. The molecule has 6 nitrogen and oxygen atoms in total. The molecular formula is C20H19N3O3S. The highest BCUT2D eigenvalue weighted by molar-refractivity contribution is 7.18. The number of rotatable bonds is 5. The lowest BCUT2D eigenvalue weighted by Gasteiger charge is -2.23. The molecule has 1 aliphatic rings. The molecule has 0 fully saturated rings. The van der Waals surface area contributed by atoms with E-state index in [1.165, 1.54) is 4.70 Å². The number of aromatic nitrogens is 1. The van der Waals surface area contributed by atoms with Crippen LogP contribution in [0.3, 0.4) is 0 Å². The Morgan fingerprint density at radius 1 is 1.30 bits per heavy atom. The molecule has 3 aromatic rings. The topological polar surface area (TPSA) is 80.3 Å². The summed E-state index contributed by atoms with van der Waals surface area (Å²) in [5.41, 5.74) is 2.22. The number of fused-ring (bicyclic) bond motifs is 2. The lowest BCUT2D eigenvalue weighted by atomic mass is 10.2. The average Bonchev–Trinajstić information content (AvgIpc) is 3.05. The van der Waals surface area contributed by atoms with Gasteiger partial charge >= 0.3 is 0 Å². The van der Waals surface area contributed by atoms with E-state index in [1.54, 1.807) is 36.5 Å². The first-order valence-electron chi connectivity index (χ1n) is 8.84. The maximum absolute atomic E-state index is 12.2. The number of ether oxygens (including phenoxy) is 1. The van der Waals surface area contributed by atoms with Gasteiger partial charge in [0.05, 0.1) is 20.9 Å². The third-order valence-electron chi connectivity index (χ3n) is 4.33. The zero-order chi connectivity index (χ0) is 18.8. The van der Waals surface area contributed by atoms with Crippen molar-refractivity contribution in [1.82, 2.24) is 4.98 Å². The predicted octanol–water partition coefficient (Wildman–Crippen LogP) is 3.98. The van der Waals surface area contributed by atoms with Gasteiger partial charge in [0.15, 0.2) is 6.10 Å². The summed E-state index contributed by atoms with van der Waals surface area (Å²) in [6, 6.07) is 13.3. The Kier molecular flexibility index (Phi) is 4.77. The second-order valence-electron chi connectivity index (χ2n) is 6.44. The number of amides is 2. The molecule has 2 heterocycles. The summed E-state index contributed by atoms with van der Waals surface area (Å²) in [6.07, 6.45) is 1.40. The second kappa shape index (κ2) is 7.36. The second-order valence-corrected chi connectivity index (χ2v) is 7.55. The molecule has 0 saturated carbocycles. The fourth-order valence-corrected chi connectivity index (χ4v) is 3.95. The lowest BCUT2D eigenvalue weighted by molar-refractivity contribution is -0.122. The van der Waals surface area contributed by atoms with E-state index in [0.29, 0.717) is 23.5 Å². The molecule has 7 heteroatoms. The van der Waals surface area contributed by atoms with Crippen molar-refractivity contribution < 1.29 is 14.3 Å². The number of aryl methyl sites for hydroxylation is 1. The summed E-state index contributed by atoms with van der Waals surface area (Å²) in [7, 11) is 0. The summed E-state index contributed by atoms with van der Waals surface area (Å²) in [5.74, 6) is 0.352. The maximum Gasteiger partial charge on any atom is 0.265 e. The standard InChI is InChI=1S/C20H19N3O3S/c1-12-20(25)23-15-11-13(9-10-16(15)26-12)21-18(24)7-4-8-19-22-14-5-2-3-6-17(14)27-19/h2-3,5-6,9-12H,4,7-8H2,1H3,(H,21,24)(H,23,25)/t12-/m0/s1. The van der Waals surface area contributed by atoms with E-state index in [9.17, 15) is 9.59 Å². The van der Waals surface area contributed by atoms with Crippen molar-refractivity contribution in [3.63, 3.8) is 0 Å². The van der Waals surface area contributed by atoms with Gasteiger partial charge in [-0.2, -0.15) is 0 Å². The van der Waals surface area contributed by atoms with E-state index in [1.807, 2.05) is 18.2 Å². The molecule has 0 radical (unpaired) electrons. The molecule has 27 heavy (non-hydrogen) atoms. The molecule has 4 rings (SSSR count). The number of thiazole rings is 1. The van der Waals surface area contributed by atoms with Crippen LogP contribution in [0.25, 0.3) is 10.2 Å². The molecule has 0 spiro atoms. The Labute approximate surface area is 160 Å². The van der Waals surface area contributed by atoms with Gasteiger partial charge in [-0.25, -0.2) is 4.98 Å². The smallest absolute Gasteiger partial charge is 0.265 e. The van der Waals surface area contributed by atoms with Crippen LogP contribution in [-0.2, 0) is 16.0 Å². The number of para-hydroxylation sites is 1. The van der Waals surface area contributed by atoms with Gasteiger partial charge in [0.25, 0.3) is 5.91 Å². The minimum Gasteiger partial charge on any atom is -0.479 e. The number of nitrogens with one attached hydrogen (secondary N) is 2. The number of hydrogen-bond acceptors (Lipinski definition) is 5. The van der Waals surface area contributed by atoms with Gasteiger partial charge in [-0.1, -0.05) is 12.1 Å². The summed E-state index contributed by atoms with van der Waals surface area (Å²) in [4.78, 5) is 28.5. The van der Waals surface area contributed by atoms with E-state index in [-0.39, 0.29) is 11.8 Å². The fourth-order valence-electron chi connectivity index (χ4n) is 2.94. The lowest BCUT2D eigenvalue weighted by Crippen LogP contribution is -2.34. The Morgan fingerprint density at radius 3 is 3.00 bits per heavy atom. The van der Waals surface area contributed by atoms with Crippen LogP contribution in [0.15, 0.2) is 42.5 Å². The van der Waals surface area contributed by atoms with Crippen LogP contribution in [0.2, 0.25) is 0 Å². The highest BCUT2D eigenvalue weighted by Gasteiger charge is 2.23. The van der Waals surface area contributed by atoms with Crippen LogP contribution >= 0.6 is 11.3 Å². The van der Waals surface area contributed by atoms with Gasteiger partial charge in [0.1, 0.15) is 5.75 Å². The Balaban J connectivity index is 1.31. The van der Waals surface area contributed by atoms with Gasteiger partial charge < -0.3 is 15.4 Å². The third kappa shape index (κ3) is 3.93. The minimum atomic E-state index is -0.513. The number of hydrogen-bond donors (Lipinski definition) is 2. The quantitative estimate of drug-likeness (QED) is 0.701. The number of nitrogens with zero attached hydrogens (tertiary/aromatic N) is 1. The van der Waals surface area contributed by atoms with Crippen LogP contribution in [0.5, 0.6) is 5.75 Å². The molecule has 0 saturated heterocycles. The molecule has 1 atom stereocenters. The van der Waals surface area contributed by atoms with Gasteiger partial charge in [-0.05, 0) is 50.1 Å². The molecule has 138 valence electrons. The first kappa shape index (κ1) is 17.5. The minimum absolute atomic E-state index is 0.0625. The van der Waals surface area contributed by atoms with Crippen molar-refractivity contribution in [2.45, 2.75) is 32.3 Å². The number of carbonyl (C=O) groups is 2. The van der Waals surface area contributed by atoms with Gasteiger partial charge in [0, 0.05) is 12.1 Å². The SMILES string of the molecule is C[C@@H]1Oc2ccc(NC(=O)CCCc3nc4ccccc4s3)cc2NC1=O. The fraction of sp³-hybridized carbons (Fsp3) is 0.250. The predicted molar refractivity (Wildman–Crippen MR) is 106 cm³/mol. The van der Waals surface area contributed by atoms with Crippen molar-refractivity contribution in [3.05, 3.63) is 47.5 Å². The van der Waals surface area contributed by atoms with Crippen LogP contribution in [0.1, 0.15) is 24.8 Å². The van der Waals surface area contributed by atoms with E-state index in [4.69, 9.17) is 4.74 Å². The molecular weight excluding hydrogens is 362 g/mol. The van der Waals surface area contributed by atoms with E-state index >= 15 is 0 Å². The van der Waals surface area contributed by atoms with E-state index in [2.05, 4.69) is 21.7 Å². The third-order valence-corrected chi connectivity index (χ3v) is 5.42. The Morgan fingerprint density at radius 2 is 2.15 bits per heavy atom. The molecule has 0 bridgehead atoms. The molecule has 1 aliphatic heterocycles. The van der Waals surface area contributed by atoms with Crippen molar-refractivity contribution >= 4 is 44.7 Å². The van der Waals surface area contributed by atoms with Crippen LogP contribution in [0, 0.1) is 0 Å². The molecule has 0 unspecified atom stereocenters. The summed E-state index contributed by atoms with van der Waals surface area (Å²) < 4.78 is 6.68. The first-order chi connectivity index (χ1) is 13.1. The maximum atomic E-state index is 12.2. The largest absolute Gasteiger partial charge is 0.479 e. The highest BCUT2D eigenvalue weighted by atomic mass is 32.1. The van der Waals surface area contributed by atoms with Crippen molar-refractivity contribution in [2.75, 3.05) is 10.6 Å². The summed E-state index contributed by atoms with van der Waals surface area (Å²) in [5, 5.41) is 6.69. The number of carbonyl (C=O) groups excluding carboxylic acids is 2. The van der Waals surface area contributed by atoms with E-state index < -0.39 is 6.10 Å². The molecule has 2 N–H and O–H groups in total. The van der Waals surface area contributed by atoms with Crippen LogP contribution in [-0.4, -0.2) is 22.9 Å². The zero-order valence-corrected chi connectivity index (χ0v) is 15.6. The van der Waals surface area contributed by atoms with Gasteiger partial charge in [-0.3, -0.25) is 9.59 Å². The molecule has 2 aromatic carbocycles. The monoisotopic (exact) mass is 381 g/mol. The number of benzene rings is 2. The molecule has 0 aliphatic carbocycles. The average molecular weight is 381 g/mol. The number of anilines is 2. The summed E-state index contributed by atoms with van der Waals surface area (Å²) >= 11 is 1.67. The van der Waals surface area contributed by atoms with E-state index in [0.717, 1.165) is 23.4 Å². The van der Waals surface area contributed by atoms with Crippen LogP contribution in [0.4, 0.5) is 11.4 Å². The first-order valence-corrected chi connectivity index (χ1v) is 9.66. The van der Waals surface area contributed by atoms with Crippen molar-refractivity contribution in [2.24, 2.45) is 0 Å². The van der Waals surface area contributed by atoms with Crippen LogP contribution < -0.4 is 15.4 Å².